The molecule has 0 saturated heterocycles. The molecule has 0 heterocycles. The molecule has 0 radical (unpaired) electrons. The number of halogens is 5. The van der Waals surface area contributed by atoms with Crippen molar-refractivity contribution < 1.29 is 39.9 Å². The fourth-order valence-electron chi connectivity index (χ4n) is 4.07. The van der Waals surface area contributed by atoms with Crippen molar-refractivity contribution in [1.29, 1.82) is 0 Å². The maximum Gasteiger partial charge on any atom is 2.00 e. The first-order valence-electron chi connectivity index (χ1n) is 10.9. The van der Waals surface area contributed by atoms with E-state index < -0.39 is 29.1 Å². The first-order chi connectivity index (χ1) is 14.0. The molecule has 0 aliphatic carbocycles. The predicted molar refractivity (Wildman–Crippen MR) is 131 cm³/mol. The SMILES string of the molecule is CC(C)P(C(C)C)C(C)C.CC(C)P(C(C)C)C(C)C.Fc1[c-]c(F)c(F)c(F)c1F.[H-].[Ni+2]. The van der Waals surface area contributed by atoms with Crippen LogP contribution in [0.2, 0.25) is 0 Å². The maximum absolute atomic E-state index is 12.0. The molecule has 0 aliphatic rings. The number of rotatable bonds is 6. The first kappa shape index (κ1) is 36.8. The van der Waals surface area contributed by atoms with Gasteiger partial charge < -0.3 is 1.43 Å². The predicted octanol–water partition coefficient (Wildman–Crippen LogP) is 9.68. The third-order valence-corrected chi connectivity index (χ3v) is 11.7. The molecular weight excluding hydrogens is 504 g/mol. The molecule has 0 aliphatic heterocycles. The van der Waals surface area contributed by atoms with E-state index in [1.165, 1.54) is 0 Å². The molecule has 32 heavy (non-hydrogen) atoms. The molecule has 8 heteroatoms. The van der Waals surface area contributed by atoms with Gasteiger partial charge in [0.2, 0.25) is 0 Å². The van der Waals surface area contributed by atoms with Crippen LogP contribution in [0.25, 0.3) is 0 Å². The van der Waals surface area contributed by atoms with Crippen LogP contribution in [0.4, 0.5) is 22.0 Å². The van der Waals surface area contributed by atoms with Gasteiger partial charge in [-0.1, -0.05) is 98.9 Å². The molecule has 0 unspecified atom stereocenters. The second kappa shape index (κ2) is 17.6. The summed E-state index contributed by atoms with van der Waals surface area (Å²) in [6, 6.07) is 1.02. The number of hydrogen-bond donors (Lipinski definition) is 0. The second-order valence-electron chi connectivity index (χ2n) is 9.15. The summed E-state index contributed by atoms with van der Waals surface area (Å²) in [5.41, 5.74) is 5.39. The average Bonchev–Trinajstić information content (AvgIpc) is 2.57. The zero-order valence-corrected chi connectivity index (χ0v) is 24.3. The zero-order chi connectivity index (χ0) is 25.2. The molecule has 0 saturated carbocycles. The Morgan fingerprint density at radius 3 is 0.781 bits per heavy atom. The van der Waals surface area contributed by atoms with Crippen LogP contribution in [0.15, 0.2) is 0 Å². The Morgan fingerprint density at radius 2 is 0.656 bits per heavy atom. The van der Waals surface area contributed by atoms with Gasteiger partial charge in [0.25, 0.3) is 0 Å². The van der Waals surface area contributed by atoms with Gasteiger partial charge in [0.05, 0.1) is 29.1 Å². The van der Waals surface area contributed by atoms with Crippen molar-refractivity contribution in [3.8, 4) is 0 Å². The van der Waals surface area contributed by atoms with Crippen molar-refractivity contribution in [2.75, 3.05) is 0 Å². The number of hydrogen-bond acceptors (Lipinski definition) is 0. The van der Waals surface area contributed by atoms with Gasteiger partial charge in [-0.2, -0.15) is 0 Å². The number of benzene rings is 1. The Morgan fingerprint density at radius 1 is 0.469 bits per heavy atom. The minimum atomic E-state index is -2.17. The molecule has 194 valence electrons. The molecule has 0 bridgehead atoms. The van der Waals surface area contributed by atoms with Crippen LogP contribution in [0.5, 0.6) is 0 Å². The third kappa shape index (κ3) is 13.2. The van der Waals surface area contributed by atoms with Crippen molar-refractivity contribution in [2.45, 2.75) is 117 Å². The third-order valence-electron chi connectivity index (χ3n) is 4.57. The zero-order valence-electron chi connectivity index (χ0n) is 22.6. The molecule has 0 atom stereocenters. The largest absolute Gasteiger partial charge is 2.00 e. The van der Waals surface area contributed by atoms with Crippen LogP contribution in [0.3, 0.4) is 0 Å². The maximum atomic E-state index is 12.0. The molecule has 0 amide bonds. The molecule has 0 spiro atoms. The monoisotopic (exact) mass is 546 g/mol. The van der Waals surface area contributed by atoms with Crippen LogP contribution in [-0.2, 0) is 16.5 Å². The minimum Gasteiger partial charge on any atom is -1.00 e. The van der Waals surface area contributed by atoms with E-state index in [0.29, 0.717) is 0 Å². The van der Waals surface area contributed by atoms with Gasteiger partial charge in [0.1, 0.15) is 0 Å². The summed E-state index contributed by atoms with van der Waals surface area (Å²) in [6.07, 6.45) is 0. The van der Waals surface area contributed by atoms with E-state index >= 15 is 0 Å². The Bertz CT molecular complexity index is 553. The van der Waals surface area contributed by atoms with Crippen molar-refractivity contribution in [3.63, 3.8) is 0 Å². The fourth-order valence-corrected chi connectivity index (χ4v) is 11.2. The van der Waals surface area contributed by atoms with Crippen LogP contribution < -0.4 is 0 Å². The van der Waals surface area contributed by atoms with E-state index in [-0.39, 0.29) is 33.8 Å². The van der Waals surface area contributed by atoms with E-state index in [1.807, 2.05) is 0 Å². The van der Waals surface area contributed by atoms with Crippen molar-refractivity contribution in [1.82, 2.24) is 0 Å². The Balaban J connectivity index is -0.000000186. The molecule has 0 fully saturated rings. The Labute approximate surface area is 207 Å². The van der Waals surface area contributed by atoms with Crippen LogP contribution >= 0.6 is 15.8 Å². The summed E-state index contributed by atoms with van der Waals surface area (Å²) in [6.45, 7) is 28.2. The molecule has 0 aromatic heterocycles. The van der Waals surface area contributed by atoms with Crippen LogP contribution in [-0.4, -0.2) is 34.0 Å². The van der Waals surface area contributed by atoms with E-state index in [1.54, 1.807) is 0 Å². The topological polar surface area (TPSA) is 0 Å². The quantitative estimate of drug-likeness (QED) is 0.0831. The van der Waals surface area contributed by atoms with Gasteiger partial charge in [-0.3, -0.25) is 8.78 Å². The van der Waals surface area contributed by atoms with E-state index in [4.69, 9.17) is 0 Å². The van der Waals surface area contributed by atoms with E-state index in [9.17, 15) is 22.0 Å². The normalized spacial score (nSPS) is 11.4. The van der Waals surface area contributed by atoms with Gasteiger partial charge >= 0.3 is 16.5 Å². The molecule has 1 aromatic rings. The van der Waals surface area contributed by atoms with Crippen LogP contribution in [0.1, 0.15) is 84.5 Å². The summed E-state index contributed by atoms with van der Waals surface area (Å²) in [4.78, 5) is 0. The average molecular weight is 547 g/mol. The van der Waals surface area contributed by atoms with Gasteiger partial charge in [-0.05, 0) is 34.0 Å². The molecule has 1 rings (SSSR count). The first-order valence-corrected chi connectivity index (χ1v) is 14.0. The van der Waals surface area contributed by atoms with Gasteiger partial charge in [0, 0.05) is 0 Å². The summed E-state index contributed by atoms with van der Waals surface area (Å²) in [5.74, 6) is -10.0. The Hall–Kier alpha value is 0.224. The summed E-state index contributed by atoms with van der Waals surface area (Å²) in [7, 11) is 0.525. The molecule has 0 nitrogen and oxygen atoms in total. The summed E-state index contributed by atoms with van der Waals surface area (Å²) < 4.78 is 59.9. The van der Waals surface area contributed by atoms with Gasteiger partial charge in [-0.25, -0.2) is 13.2 Å². The second-order valence-corrected chi connectivity index (χ2v) is 17.1. The van der Waals surface area contributed by atoms with Crippen LogP contribution in [0, 0.1) is 35.2 Å². The van der Waals surface area contributed by atoms with Crippen molar-refractivity contribution in [3.05, 3.63) is 35.2 Å². The summed E-state index contributed by atoms with van der Waals surface area (Å²) >= 11 is 0. The van der Waals surface area contributed by atoms with E-state index in [2.05, 4.69) is 83.1 Å². The molecule has 0 N–H and O–H groups in total. The van der Waals surface area contributed by atoms with Gasteiger partial charge in [0.15, 0.2) is 0 Å². The smallest absolute Gasteiger partial charge is 1.00 e. The minimum absolute atomic E-state index is 0. The van der Waals surface area contributed by atoms with Gasteiger partial charge in [-0.15, -0.1) is 6.07 Å². The standard InChI is InChI=1S/2C9H21P.C6F5.Ni.H/c2*1-7(2)10(8(3)4)9(5)6;7-2-1-3(8)5(10)6(11)4(2)9;;/h2*7-9H,1-6H3;;;/q;;-1;+2;-1. The molecule has 1 aromatic carbocycles. The molecular formula is C24H43F5NiP2. The van der Waals surface area contributed by atoms with Crippen molar-refractivity contribution >= 4 is 15.8 Å². The van der Waals surface area contributed by atoms with Crippen molar-refractivity contribution in [2.24, 2.45) is 0 Å². The summed E-state index contributed by atoms with van der Waals surface area (Å²) in [5, 5.41) is 0. The van der Waals surface area contributed by atoms with E-state index in [0.717, 1.165) is 40.0 Å². The Kier molecular flexibility index (Phi) is 20.3. The fraction of sp³-hybridized carbons (Fsp3) is 0.750.